The summed E-state index contributed by atoms with van der Waals surface area (Å²) in [6, 6.07) is 8.30. The standard InChI is InChI=1S/C15H15ClN2O3/c1-8-5-10(3-4-13(8)21-2)18-14-11(15(19)20)6-9(17)7-12(14)16/h3-7,18H,17H2,1-2H3,(H,19,20). The summed E-state index contributed by atoms with van der Waals surface area (Å²) in [5, 5.41) is 12.5. The van der Waals surface area contributed by atoms with Crippen LogP contribution in [0.1, 0.15) is 15.9 Å². The lowest BCUT2D eigenvalue weighted by molar-refractivity contribution is 0.0698. The van der Waals surface area contributed by atoms with E-state index in [9.17, 15) is 9.90 Å². The number of rotatable bonds is 4. The Bertz CT molecular complexity index is 702. The van der Waals surface area contributed by atoms with Crippen LogP contribution in [0.5, 0.6) is 5.75 Å². The van der Waals surface area contributed by atoms with Crippen LogP contribution in [-0.4, -0.2) is 18.2 Å². The number of methoxy groups -OCH3 is 1. The Kier molecular flexibility index (Phi) is 4.23. The zero-order valence-electron chi connectivity index (χ0n) is 11.6. The summed E-state index contributed by atoms with van der Waals surface area (Å²) < 4.78 is 5.19. The Morgan fingerprint density at radius 1 is 1.33 bits per heavy atom. The number of nitrogens with two attached hydrogens (primary N) is 1. The monoisotopic (exact) mass is 306 g/mol. The van der Waals surface area contributed by atoms with Crippen LogP contribution in [0.25, 0.3) is 0 Å². The highest BCUT2D eigenvalue weighted by Crippen LogP contribution is 2.33. The van der Waals surface area contributed by atoms with E-state index in [0.717, 1.165) is 11.3 Å². The Labute approximate surface area is 127 Å². The number of anilines is 3. The topological polar surface area (TPSA) is 84.6 Å². The van der Waals surface area contributed by atoms with E-state index in [1.807, 2.05) is 13.0 Å². The Morgan fingerprint density at radius 3 is 2.62 bits per heavy atom. The largest absolute Gasteiger partial charge is 0.496 e. The van der Waals surface area contributed by atoms with Gasteiger partial charge >= 0.3 is 5.97 Å². The predicted octanol–water partition coefficient (Wildman–Crippen LogP) is 3.68. The van der Waals surface area contributed by atoms with E-state index in [-0.39, 0.29) is 10.6 Å². The van der Waals surface area contributed by atoms with Crippen molar-refractivity contribution in [3.05, 3.63) is 46.5 Å². The molecule has 0 atom stereocenters. The minimum atomic E-state index is -1.10. The van der Waals surface area contributed by atoms with Crippen LogP contribution in [0.3, 0.4) is 0 Å². The number of ether oxygens (including phenoxy) is 1. The maximum Gasteiger partial charge on any atom is 0.337 e. The summed E-state index contributed by atoms with van der Waals surface area (Å²) in [5.74, 6) is -0.348. The molecule has 0 spiro atoms. The van der Waals surface area contributed by atoms with Gasteiger partial charge in [0.2, 0.25) is 0 Å². The van der Waals surface area contributed by atoms with Gasteiger partial charge in [0.15, 0.2) is 0 Å². The molecule has 0 aliphatic rings. The van der Waals surface area contributed by atoms with Gasteiger partial charge in [-0.2, -0.15) is 0 Å². The second-order valence-electron chi connectivity index (χ2n) is 4.54. The van der Waals surface area contributed by atoms with Crippen LogP contribution in [0.2, 0.25) is 5.02 Å². The Balaban J connectivity index is 2.44. The van der Waals surface area contributed by atoms with E-state index in [1.54, 1.807) is 19.2 Å². The van der Waals surface area contributed by atoms with Gasteiger partial charge in [-0.25, -0.2) is 4.79 Å². The second kappa shape index (κ2) is 5.93. The first-order chi connectivity index (χ1) is 9.92. The molecule has 0 aliphatic heterocycles. The van der Waals surface area contributed by atoms with Crippen LogP contribution in [-0.2, 0) is 0 Å². The highest BCUT2D eigenvalue weighted by molar-refractivity contribution is 6.34. The number of carboxylic acid groups (broad SMARTS) is 1. The van der Waals surface area contributed by atoms with E-state index >= 15 is 0 Å². The molecule has 5 nitrogen and oxygen atoms in total. The molecule has 4 N–H and O–H groups in total. The number of carboxylic acids is 1. The average molecular weight is 307 g/mol. The van der Waals surface area contributed by atoms with Gasteiger partial charge in [-0.05, 0) is 42.8 Å². The van der Waals surface area contributed by atoms with Gasteiger partial charge in [-0.15, -0.1) is 0 Å². The van der Waals surface area contributed by atoms with E-state index in [4.69, 9.17) is 22.1 Å². The first kappa shape index (κ1) is 15.0. The fourth-order valence-electron chi connectivity index (χ4n) is 2.02. The molecule has 6 heteroatoms. The lowest BCUT2D eigenvalue weighted by Crippen LogP contribution is -2.05. The van der Waals surface area contributed by atoms with E-state index in [1.165, 1.54) is 12.1 Å². The van der Waals surface area contributed by atoms with E-state index in [0.29, 0.717) is 17.1 Å². The molecular formula is C15H15ClN2O3. The molecule has 0 saturated heterocycles. The van der Waals surface area contributed by atoms with Crippen molar-refractivity contribution < 1.29 is 14.6 Å². The number of nitrogens with one attached hydrogen (secondary N) is 1. The van der Waals surface area contributed by atoms with Crippen LogP contribution < -0.4 is 15.8 Å². The summed E-state index contributed by atoms with van der Waals surface area (Å²) in [6.07, 6.45) is 0. The summed E-state index contributed by atoms with van der Waals surface area (Å²) in [7, 11) is 1.59. The number of aryl methyl sites for hydroxylation is 1. The molecule has 0 aliphatic carbocycles. The van der Waals surface area contributed by atoms with Crippen molar-refractivity contribution in [1.82, 2.24) is 0 Å². The van der Waals surface area contributed by atoms with Crippen LogP contribution in [0.15, 0.2) is 30.3 Å². The number of halogens is 1. The summed E-state index contributed by atoms with van der Waals surface area (Å²) in [6.45, 7) is 1.90. The average Bonchev–Trinajstić information content (AvgIpc) is 2.41. The Morgan fingerprint density at radius 2 is 2.05 bits per heavy atom. The molecule has 0 radical (unpaired) electrons. The highest BCUT2D eigenvalue weighted by Gasteiger charge is 2.15. The lowest BCUT2D eigenvalue weighted by Gasteiger charge is -2.14. The van der Waals surface area contributed by atoms with Gasteiger partial charge in [-0.1, -0.05) is 11.6 Å². The molecule has 0 aromatic heterocycles. The van der Waals surface area contributed by atoms with Crippen molar-refractivity contribution in [2.45, 2.75) is 6.92 Å². The molecule has 0 fully saturated rings. The van der Waals surface area contributed by atoms with Gasteiger partial charge < -0.3 is 20.9 Å². The normalized spacial score (nSPS) is 10.2. The van der Waals surface area contributed by atoms with Crippen molar-refractivity contribution in [3.8, 4) is 5.75 Å². The second-order valence-corrected chi connectivity index (χ2v) is 4.95. The van der Waals surface area contributed by atoms with Gasteiger partial charge in [0.05, 0.1) is 23.4 Å². The first-order valence-corrected chi connectivity index (χ1v) is 6.54. The lowest BCUT2D eigenvalue weighted by atomic mass is 10.1. The summed E-state index contributed by atoms with van der Waals surface area (Å²) in [5.41, 5.74) is 7.89. The molecule has 2 aromatic rings. The number of aromatic carboxylic acids is 1. The summed E-state index contributed by atoms with van der Waals surface area (Å²) in [4.78, 5) is 11.3. The molecule has 0 unspecified atom stereocenters. The van der Waals surface area contributed by atoms with Crippen molar-refractivity contribution >= 4 is 34.6 Å². The van der Waals surface area contributed by atoms with Crippen LogP contribution in [0.4, 0.5) is 17.1 Å². The van der Waals surface area contributed by atoms with E-state index < -0.39 is 5.97 Å². The molecule has 2 rings (SSSR count). The first-order valence-electron chi connectivity index (χ1n) is 6.16. The van der Waals surface area contributed by atoms with Crippen molar-refractivity contribution in [1.29, 1.82) is 0 Å². The smallest absolute Gasteiger partial charge is 0.337 e. The number of carbonyl (C=O) groups is 1. The number of nitrogen functional groups attached to an aromatic ring is 1. The fourth-order valence-corrected chi connectivity index (χ4v) is 2.30. The van der Waals surface area contributed by atoms with E-state index in [2.05, 4.69) is 5.32 Å². The third-order valence-electron chi connectivity index (χ3n) is 3.01. The van der Waals surface area contributed by atoms with Gasteiger partial charge in [0.25, 0.3) is 0 Å². The molecule has 21 heavy (non-hydrogen) atoms. The molecule has 2 aromatic carbocycles. The highest BCUT2D eigenvalue weighted by atomic mass is 35.5. The molecule has 0 bridgehead atoms. The van der Waals surface area contributed by atoms with Crippen LogP contribution >= 0.6 is 11.6 Å². The molecular weight excluding hydrogens is 292 g/mol. The molecule has 0 saturated carbocycles. The molecule has 0 heterocycles. The minimum absolute atomic E-state index is 0.0217. The van der Waals surface area contributed by atoms with Gasteiger partial charge in [0, 0.05) is 11.4 Å². The Hall–Kier alpha value is -2.40. The number of benzene rings is 2. The SMILES string of the molecule is COc1ccc(Nc2c(Cl)cc(N)cc2C(=O)O)cc1C. The predicted molar refractivity (Wildman–Crippen MR) is 83.8 cm³/mol. The third kappa shape index (κ3) is 3.20. The third-order valence-corrected chi connectivity index (χ3v) is 3.31. The molecule has 110 valence electrons. The maximum atomic E-state index is 11.3. The quantitative estimate of drug-likeness (QED) is 0.750. The fraction of sp³-hybridized carbons (Fsp3) is 0.133. The maximum absolute atomic E-state index is 11.3. The zero-order valence-corrected chi connectivity index (χ0v) is 12.4. The number of hydrogen-bond acceptors (Lipinski definition) is 4. The zero-order chi connectivity index (χ0) is 15.6. The van der Waals surface area contributed by atoms with Crippen molar-refractivity contribution in [3.63, 3.8) is 0 Å². The molecule has 0 amide bonds. The minimum Gasteiger partial charge on any atom is -0.496 e. The summed E-state index contributed by atoms with van der Waals surface area (Å²) >= 11 is 6.10. The number of hydrogen-bond donors (Lipinski definition) is 3. The van der Waals surface area contributed by atoms with Crippen molar-refractivity contribution in [2.24, 2.45) is 0 Å². The van der Waals surface area contributed by atoms with Crippen LogP contribution in [0, 0.1) is 6.92 Å². The van der Waals surface area contributed by atoms with Gasteiger partial charge in [-0.3, -0.25) is 0 Å². The van der Waals surface area contributed by atoms with Gasteiger partial charge in [0.1, 0.15) is 5.75 Å². The van der Waals surface area contributed by atoms with Crippen molar-refractivity contribution in [2.75, 3.05) is 18.2 Å².